The Labute approximate surface area is 118 Å². The van der Waals surface area contributed by atoms with Crippen LogP contribution < -0.4 is 17.0 Å². The van der Waals surface area contributed by atoms with E-state index in [0.29, 0.717) is 16.6 Å². The minimum atomic E-state index is -0.433. The molecule has 102 valence electrons. The number of nitrogens with zero attached hydrogens (tertiary/aromatic N) is 1. The molecule has 5 N–H and O–H groups in total. The lowest BCUT2D eigenvalue weighted by atomic mass is 10.3. The number of aryl methyl sites for hydroxylation is 2. The fourth-order valence-electron chi connectivity index (χ4n) is 1.53. The monoisotopic (exact) mass is 298 g/mol. The van der Waals surface area contributed by atoms with Crippen molar-refractivity contribution in [2.24, 2.45) is 5.84 Å². The molecule has 19 heavy (non-hydrogen) atoms. The summed E-state index contributed by atoms with van der Waals surface area (Å²) in [6.07, 6.45) is 0. The van der Waals surface area contributed by atoms with Crippen molar-refractivity contribution in [2.75, 3.05) is 5.73 Å². The average Bonchev–Trinajstić information content (AvgIpc) is 2.89. The number of nitrogens with two attached hydrogens (primary N) is 2. The summed E-state index contributed by atoms with van der Waals surface area (Å²) in [7, 11) is 0. The molecule has 0 unspecified atom stereocenters. The molecule has 0 bridgehead atoms. The minimum absolute atomic E-state index is 0.219. The highest BCUT2D eigenvalue weighted by molar-refractivity contribution is 8.00. The van der Waals surface area contributed by atoms with Crippen LogP contribution in [0.5, 0.6) is 0 Å². The Balaban J connectivity index is 2.09. The molecule has 0 radical (unpaired) electrons. The zero-order valence-corrected chi connectivity index (χ0v) is 12.2. The van der Waals surface area contributed by atoms with E-state index in [1.807, 2.05) is 19.3 Å². The Morgan fingerprint density at radius 2 is 2.32 bits per heavy atom. The molecule has 0 saturated heterocycles. The highest BCUT2D eigenvalue weighted by Gasteiger charge is 2.14. The lowest BCUT2D eigenvalue weighted by Crippen LogP contribution is -2.29. The number of amides is 1. The first-order valence-corrected chi connectivity index (χ1v) is 7.27. The molecule has 0 aliphatic rings. The van der Waals surface area contributed by atoms with E-state index in [1.54, 1.807) is 17.8 Å². The third-order valence-electron chi connectivity index (χ3n) is 2.50. The van der Waals surface area contributed by atoms with Crippen molar-refractivity contribution in [3.63, 3.8) is 0 Å². The van der Waals surface area contributed by atoms with Crippen LogP contribution in [-0.2, 0) is 5.75 Å². The van der Waals surface area contributed by atoms with Crippen LogP contribution in [0.1, 0.15) is 27.6 Å². The van der Waals surface area contributed by atoms with Crippen LogP contribution in [-0.4, -0.2) is 10.9 Å². The maximum atomic E-state index is 11.3. The second-order valence-electron chi connectivity index (χ2n) is 3.88. The van der Waals surface area contributed by atoms with Gasteiger partial charge in [0.1, 0.15) is 5.76 Å². The molecule has 0 aliphatic heterocycles. The highest BCUT2D eigenvalue weighted by Crippen LogP contribution is 2.33. The summed E-state index contributed by atoms with van der Waals surface area (Å²) in [6.45, 7) is 3.74. The highest BCUT2D eigenvalue weighted by atomic mass is 32.2. The van der Waals surface area contributed by atoms with Gasteiger partial charge in [-0.1, -0.05) is 11.3 Å². The van der Waals surface area contributed by atoms with Crippen molar-refractivity contribution in [1.29, 1.82) is 0 Å². The summed E-state index contributed by atoms with van der Waals surface area (Å²) >= 11 is 3.08. The summed E-state index contributed by atoms with van der Waals surface area (Å²) in [5, 5.41) is 0.562. The van der Waals surface area contributed by atoms with Crippen LogP contribution in [0, 0.1) is 13.8 Å². The summed E-state index contributed by atoms with van der Waals surface area (Å²) in [5.74, 6) is 6.25. The molecule has 8 heteroatoms. The first-order valence-electron chi connectivity index (χ1n) is 5.47. The number of anilines is 1. The second kappa shape index (κ2) is 5.64. The molecule has 0 spiro atoms. The van der Waals surface area contributed by atoms with Crippen molar-refractivity contribution in [1.82, 2.24) is 10.4 Å². The number of nitrogen functional groups attached to an aromatic ring is 2. The molecule has 0 aliphatic carbocycles. The molecule has 1 amide bonds. The van der Waals surface area contributed by atoms with E-state index in [0.717, 1.165) is 15.5 Å². The molecular weight excluding hydrogens is 284 g/mol. The zero-order valence-electron chi connectivity index (χ0n) is 10.5. The number of carbonyl (C=O) groups is 1. The number of nitrogens with one attached hydrogen (secondary N) is 1. The quantitative estimate of drug-likeness (QED) is 0.344. The average molecular weight is 298 g/mol. The van der Waals surface area contributed by atoms with Crippen molar-refractivity contribution in [3.8, 4) is 0 Å². The van der Waals surface area contributed by atoms with Gasteiger partial charge in [0, 0.05) is 11.3 Å². The van der Waals surface area contributed by atoms with Gasteiger partial charge in [-0.15, -0.1) is 11.8 Å². The van der Waals surface area contributed by atoms with Crippen LogP contribution in [0.3, 0.4) is 0 Å². The van der Waals surface area contributed by atoms with E-state index in [9.17, 15) is 4.79 Å². The second-order valence-corrected chi connectivity index (χ2v) is 6.15. The lowest BCUT2D eigenvalue weighted by molar-refractivity contribution is 0.0924. The van der Waals surface area contributed by atoms with E-state index < -0.39 is 5.91 Å². The summed E-state index contributed by atoms with van der Waals surface area (Å²) < 4.78 is 6.42. The van der Waals surface area contributed by atoms with Crippen LogP contribution in [0.4, 0.5) is 5.13 Å². The number of hydrogen-bond donors (Lipinski definition) is 3. The van der Waals surface area contributed by atoms with Gasteiger partial charge in [-0.05, 0) is 19.9 Å². The molecule has 0 saturated carbocycles. The Hall–Kier alpha value is -1.51. The Bertz CT molecular complexity index is 606. The SMILES string of the molecule is Cc1nc(N)sc1SCc1cc(C(=O)NN)oc1C. The van der Waals surface area contributed by atoms with Crippen LogP contribution >= 0.6 is 23.1 Å². The Morgan fingerprint density at radius 1 is 1.58 bits per heavy atom. The van der Waals surface area contributed by atoms with Crippen LogP contribution in [0.25, 0.3) is 0 Å². The van der Waals surface area contributed by atoms with E-state index in [-0.39, 0.29) is 5.76 Å². The fraction of sp³-hybridized carbons (Fsp3) is 0.273. The largest absolute Gasteiger partial charge is 0.456 e. The van der Waals surface area contributed by atoms with E-state index in [1.165, 1.54) is 11.3 Å². The predicted molar refractivity (Wildman–Crippen MR) is 75.9 cm³/mol. The topological polar surface area (TPSA) is 107 Å². The number of hydrazine groups is 1. The molecule has 0 atom stereocenters. The van der Waals surface area contributed by atoms with E-state index >= 15 is 0 Å². The van der Waals surface area contributed by atoms with Gasteiger partial charge in [0.05, 0.1) is 9.90 Å². The first-order chi connectivity index (χ1) is 9.01. The van der Waals surface area contributed by atoms with Gasteiger partial charge in [0.25, 0.3) is 0 Å². The number of furan rings is 1. The van der Waals surface area contributed by atoms with Gasteiger partial charge in [0.2, 0.25) is 0 Å². The molecule has 2 aromatic heterocycles. The van der Waals surface area contributed by atoms with Gasteiger partial charge in [-0.2, -0.15) is 0 Å². The summed E-state index contributed by atoms with van der Waals surface area (Å²) in [6, 6.07) is 1.70. The number of thiazole rings is 1. The standard InChI is InChI=1S/C11H14N4O2S2/c1-5-10(19-11(12)14-5)18-4-7-3-8(9(16)15-13)17-6(7)2/h3H,4,13H2,1-2H3,(H2,12,14)(H,15,16). The van der Waals surface area contributed by atoms with Gasteiger partial charge in [-0.25, -0.2) is 10.8 Å². The van der Waals surface area contributed by atoms with Crippen LogP contribution in [0.2, 0.25) is 0 Å². The maximum Gasteiger partial charge on any atom is 0.300 e. The maximum absolute atomic E-state index is 11.3. The van der Waals surface area contributed by atoms with Crippen molar-refractivity contribution in [2.45, 2.75) is 23.8 Å². The van der Waals surface area contributed by atoms with Crippen molar-refractivity contribution < 1.29 is 9.21 Å². The molecule has 2 heterocycles. The number of aromatic nitrogens is 1. The molecule has 6 nitrogen and oxygen atoms in total. The lowest BCUT2D eigenvalue weighted by Gasteiger charge is -1.97. The third kappa shape index (κ3) is 3.09. The van der Waals surface area contributed by atoms with Crippen LogP contribution in [0.15, 0.2) is 14.7 Å². The Morgan fingerprint density at radius 3 is 2.89 bits per heavy atom. The number of hydrogen-bond acceptors (Lipinski definition) is 7. The number of carbonyl (C=O) groups excluding carboxylic acids is 1. The van der Waals surface area contributed by atoms with E-state index in [2.05, 4.69) is 4.98 Å². The fourth-order valence-corrected chi connectivity index (χ4v) is 3.59. The smallest absolute Gasteiger partial charge is 0.300 e. The normalized spacial score (nSPS) is 10.7. The summed E-state index contributed by atoms with van der Waals surface area (Å²) in [5.41, 5.74) is 9.57. The molecular formula is C11H14N4O2S2. The first kappa shape index (κ1) is 13.9. The molecule has 0 fully saturated rings. The summed E-state index contributed by atoms with van der Waals surface area (Å²) in [4.78, 5) is 15.5. The van der Waals surface area contributed by atoms with Gasteiger partial charge < -0.3 is 10.2 Å². The minimum Gasteiger partial charge on any atom is -0.456 e. The van der Waals surface area contributed by atoms with E-state index in [4.69, 9.17) is 16.0 Å². The van der Waals surface area contributed by atoms with Gasteiger partial charge in [-0.3, -0.25) is 10.2 Å². The molecule has 2 rings (SSSR count). The Kier molecular flexibility index (Phi) is 4.13. The number of rotatable bonds is 4. The van der Waals surface area contributed by atoms with Crippen molar-refractivity contribution in [3.05, 3.63) is 28.8 Å². The zero-order chi connectivity index (χ0) is 14.0. The van der Waals surface area contributed by atoms with Gasteiger partial charge in [0.15, 0.2) is 10.9 Å². The third-order valence-corrected chi connectivity index (χ3v) is 4.90. The molecule has 0 aromatic carbocycles. The van der Waals surface area contributed by atoms with Crippen molar-refractivity contribution >= 4 is 34.1 Å². The number of thioether (sulfide) groups is 1. The van der Waals surface area contributed by atoms with Gasteiger partial charge >= 0.3 is 5.91 Å². The molecule has 2 aromatic rings. The predicted octanol–water partition coefficient (Wildman–Crippen LogP) is 1.83.